The zero-order valence-electron chi connectivity index (χ0n) is 22.3. The minimum Gasteiger partial charge on any atom is -0.438 e. The van der Waals surface area contributed by atoms with Crippen molar-refractivity contribution >= 4 is 38.0 Å². The van der Waals surface area contributed by atoms with Crippen LogP contribution in [-0.2, 0) is 16.3 Å². The minimum absolute atomic E-state index is 0.0402. The number of hydrogen-bond acceptors (Lipinski definition) is 8. The van der Waals surface area contributed by atoms with E-state index >= 15 is 0 Å². The van der Waals surface area contributed by atoms with Gasteiger partial charge in [0, 0.05) is 61.2 Å². The molecule has 0 radical (unpaired) electrons. The van der Waals surface area contributed by atoms with Crippen LogP contribution in [0.15, 0.2) is 66.9 Å². The molecular weight excluding hydrogens is 531 g/mol. The number of piperidine rings is 1. The number of nitrogens with one attached hydrogen (secondary N) is 1. The lowest BCUT2D eigenvalue weighted by Crippen LogP contribution is -2.29. The van der Waals surface area contributed by atoms with E-state index in [1.54, 1.807) is 18.2 Å². The Bertz CT molecular complexity index is 1640. The molecule has 0 saturated carbocycles. The molecule has 1 aliphatic rings. The number of anilines is 2. The van der Waals surface area contributed by atoms with Crippen LogP contribution in [-0.4, -0.2) is 55.8 Å². The van der Waals surface area contributed by atoms with E-state index in [0.29, 0.717) is 11.3 Å². The fourth-order valence-corrected chi connectivity index (χ4v) is 5.34. The molecule has 1 aliphatic heterocycles. The summed E-state index contributed by atoms with van der Waals surface area (Å²) in [5.74, 6) is 0.488. The van der Waals surface area contributed by atoms with Crippen LogP contribution >= 0.6 is 0 Å². The Balaban J connectivity index is 1.35. The Hall–Kier alpha value is -4.05. The molecule has 208 valence electrons. The second-order valence-electron chi connectivity index (χ2n) is 9.99. The number of Topliss-reactive ketones (excluding diaryl/α,β-unsaturated/α-hetero) is 1. The summed E-state index contributed by atoms with van der Waals surface area (Å²) in [6.07, 6.45) is 6.11. The molecule has 40 heavy (non-hydrogen) atoms. The molecular formula is C30H31FN4O4S. The topological polar surface area (TPSA) is 101 Å². The first-order valence-corrected chi connectivity index (χ1v) is 15.3. The third-order valence-corrected chi connectivity index (χ3v) is 7.80. The molecule has 5 rings (SSSR count). The number of benzene rings is 3. The van der Waals surface area contributed by atoms with Gasteiger partial charge in [0.2, 0.25) is 11.8 Å². The highest BCUT2D eigenvalue weighted by Crippen LogP contribution is 2.32. The Morgan fingerprint density at radius 3 is 2.58 bits per heavy atom. The van der Waals surface area contributed by atoms with Gasteiger partial charge >= 0.3 is 0 Å². The van der Waals surface area contributed by atoms with E-state index in [9.17, 15) is 17.6 Å². The molecule has 8 nitrogen and oxygen atoms in total. The van der Waals surface area contributed by atoms with Crippen molar-refractivity contribution < 1.29 is 22.3 Å². The second kappa shape index (κ2) is 12.0. The van der Waals surface area contributed by atoms with Gasteiger partial charge in [0.25, 0.3) is 0 Å². The van der Waals surface area contributed by atoms with E-state index < -0.39 is 15.7 Å². The molecule has 0 atom stereocenters. The van der Waals surface area contributed by atoms with Crippen molar-refractivity contribution in [1.82, 2.24) is 9.97 Å². The number of carbonyl (C=O) groups is 1. The van der Waals surface area contributed by atoms with Gasteiger partial charge in [0.15, 0.2) is 5.78 Å². The van der Waals surface area contributed by atoms with Crippen molar-refractivity contribution in [1.29, 1.82) is 0 Å². The average Bonchev–Trinajstić information content (AvgIpc) is 2.94. The maximum Gasteiger partial charge on any atom is 0.225 e. The van der Waals surface area contributed by atoms with Gasteiger partial charge in [-0.15, -0.1) is 0 Å². The van der Waals surface area contributed by atoms with E-state index in [-0.39, 0.29) is 36.3 Å². The van der Waals surface area contributed by atoms with Gasteiger partial charge < -0.3 is 15.0 Å². The maximum atomic E-state index is 14.5. The van der Waals surface area contributed by atoms with Crippen molar-refractivity contribution in [3.8, 4) is 11.6 Å². The highest BCUT2D eigenvalue weighted by atomic mass is 32.2. The van der Waals surface area contributed by atoms with Gasteiger partial charge in [-0.05, 0) is 54.5 Å². The molecule has 4 aromatic rings. The van der Waals surface area contributed by atoms with Crippen LogP contribution in [0.25, 0.3) is 10.8 Å². The molecule has 0 bridgehead atoms. The molecule has 0 aliphatic carbocycles. The monoisotopic (exact) mass is 562 g/mol. The maximum absolute atomic E-state index is 14.5. The first kappa shape index (κ1) is 27.5. The lowest BCUT2D eigenvalue weighted by atomic mass is 9.96. The molecule has 0 unspecified atom stereocenters. The fourth-order valence-electron chi connectivity index (χ4n) is 4.87. The molecule has 1 N–H and O–H groups in total. The number of halogens is 1. The van der Waals surface area contributed by atoms with Crippen molar-refractivity contribution in [2.75, 3.05) is 41.9 Å². The summed E-state index contributed by atoms with van der Waals surface area (Å²) in [4.78, 5) is 23.9. The van der Waals surface area contributed by atoms with Crippen LogP contribution < -0.4 is 15.0 Å². The number of rotatable bonds is 10. The van der Waals surface area contributed by atoms with Crippen LogP contribution in [0.5, 0.6) is 11.6 Å². The number of sulfone groups is 1. The van der Waals surface area contributed by atoms with E-state index in [0.717, 1.165) is 48.0 Å². The number of nitrogens with zero attached hydrogens (tertiary/aromatic N) is 3. The largest absolute Gasteiger partial charge is 0.438 e. The SMILES string of the molecule is CS(=O)(=O)CCNc1nccc(Oc2ccc(CC(=O)c3cc(F)cc(N4CCCCC4)c3)c3ccccc23)n1. The number of hydrogen-bond donors (Lipinski definition) is 1. The van der Waals surface area contributed by atoms with E-state index in [1.165, 1.54) is 31.0 Å². The summed E-state index contributed by atoms with van der Waals surface area (Å²) in [7, 11) is -3.11. The standard InChI is InChI=1S/C30H31FN4O4S/c1-40(37,38)16-13-33-30-32-12-11-29(34-30)39-28-10-9-21(25-7-3-4-8-26(25)28)19-27(36)22-17-23(31)20-24(18-22)35-14-5-2-6-15-35/h3-4,7-12,17-18,20H,2,5-6,13-16,19H2,1H3,(H,32,33,34). The fraction of sp³-hybridized carbons (Fsp3) is 0.300. The van der Waals surface area contributed by atoms with Crippen molar-refractivity contribution in [2.24, 2.45) is 0 Å². The molecule has 0 amide bonds. The minimum atomic E-state index is -3.11. The smallest absolute Gasteiger partial charge is 0.225 e. The van der Waals surface area contributed by atoms with Gasteiger partial charge in [0.05, 0.1) is 5.75 Å². The van der Waals surface area contributed by atoms with Crippen LogP contribution in [0.1, 0.15) is 35.2 Å². The lowest BCUT2D eigenvalue weighted by Gasteiger charge is -2.29. The summed E-state index contributed by atoms with van der Waals surface area (Å²) >= 11 is 0. The Morgan fingerprint density at radius 1 is 1.02 bits per heavy atom. The van der Waals surface area contributed by atoms with Gasteiger partial charge in [-0.3, -0.25) is 4.79 Å². The summed E-state index contributed by atoms with van der Waals surface area (Å²) in [5.41, 5.74) is 1.93. The molecule has 10 heteroatoms. The lowest BCUT2D eigenvalue weighted by molar-refractivity contribution is 0.0993. The summed E-state index contributed by atoms with van der Waals surface area (Å²) in [5, 5.41) is 4.54. The summed E-state index contributed by atoms with van der Waals surface area (Å²) < 4.78 is 43.3. The predicted molar refractivity (Wildman–Crippen MR) is 155 cm³/mol. The third-order valence-electron chi connectivity index (χ3n) is 6.85. The number of ether oxygens (including phenoxy) is 1. The van der Waals surface area contributed by atoms with E-state index in [1.807, 2.05) is 30.3 Å². The van der Waals surface area contributed by atoms with E-state index in [4.69, 9.17) is 4.74 Å². The highest BCUT2D eigenvalue weighted by molar-refractivity contribution is 7.90. The Kier molecular flexibility index (Phi) is 8.25. The third kappa shape index (κ3) is 6.93. The van der Waals surface area contributed by atoms with E-state index in [2.05, 4.69) is 20.2 Å². The number of fused-ring (bicyclic) bond motifs is 1. The van der Waals surface area contributed by atoms with Crippen LogP contribution in [0, 0.1) is 5.82 Å². The summed E-state index contributed by atoms with van der Waals surface area (Å²) in [6.45, 7) is 1.92. The van der Waals surface area contributed by atoms with Crippen LogP contribution in [0.3, 0.4) is 0 Å². The quantitative estimate of drug-likeness (QED) is 0.255. The zero-order valence-corrected chi connectivity index (χ0v) is 23.1. The molecule has 2 heterocycles. The molecule has 1 saturated heterocycles. The highest BCUT2D eigenvalue weighted by Gasteiger charge is 2.17. The summed E-state index contributed by atoms with van der Waals surface area (Å²) in [6, 6.07) is 17.5. The first-order valence-electron chi connectivity index (χ1n) is 13.3. The van der Waals surface area contributed by atoms with Gasteiger partial charge in [-0.25, -0.2) is 17.8 Å². The van der Waals surface area contributed by atoms with Crippen molar-refractivity contribution in [2.45, 2.75) is 25.7 Å². The molecule has 3 aromatic carbocycles. The van der Waals surface area contributed by atoms with Crippen molar-refractivity contribution in [3.63, 3.8) is 0 Å². The van der Waals surface area contributed by atoms with Gasteiger partial charge in [-0.1, -0.05) is 30.3 Å². The van der Waals surface area contributed by atoms with Crippen LogP contribution in [0.4, 0.5) is 16.0 Å². The number of ketones is 1. The molecule has 1 fully saturated rings. The number of carbonyl (C=O) groups excluding carboxylic acids is 1. The predicted octanol–water partition coefficient (Wildman–Crippen LogP) is 5.43. The van der Waals surface area contributed by atoms with Crippen LogP contribution in [0.2, 0.25) is 0 Å². The van der Waals surface area contributed by atoms with Gasteiger partial charge in [0.1, 0.15) is 21.4 Å². The number of aromatic nitrogens is 2. The zero-order chi connectivity index (χ0) is 28.1. The first-order chi connectivity index (χ1) is 19.2. The average molecular weight is 563 g/mol. The van der Waals surface area contributed by atoms with Gasteiger partial charge in [-0.2, -0.15) is 4.98 Å². The molecule has 1 aromatic heterocycles. The molecule has 0 spiro atoms. The normalized spacial score (nSPS) is 13.8. The Morgan fingerprint density at radius 2 is 1.80 bits per heavy atom. The van der Waals surface area contributed by atoms with Crippen molar-refractivity contribution in [3.05, 3.63) is 83.8 Å². The Labute approximate surface area is 233 Å². The second-order valence-corrected chi connectivity index (χ2v) is 12.3.